The second-order valence-electron chi connectivity index (χ2n) is 7.94. The average Bonchev–Trinajstić information content (AvgIpc) is 2.84. The summed E-state index contributed by atoms with van der Waals surface area (Å²) in [5.74, 6) is 1.80. The van der Waals surface area contributed by atoms with Gasteiger partial charge < -0.3 is 14.4 Å². The first-order valence-electron chi connectivity index (χ1n) is 10.9. The number of rotatable bonds is 7. The number of nitrogens with zero attached hydrogens (tertiary/aromatic N) is 3. The Hall–Kier alpha value is -3.38. The molecular formula is C26H29N3O3. The average molecular weight is 432 g/mol. The van der Waals surface area contributed by atoms with Crippen LogP contribution in [0.3, 0.4) is 0 Å². The molecule has 1 aliphatic rings. The molecule has 32 heavy (non-hydrogen) atoms. The van der Waals surface area contributed by atoms with Crippen LogP contribution in [0.1, 0.15) is 29.8 Å². The number of pyridine rings is 1. The smallest absolute Gasteiger partial charge is 0.219 e. The molecule has 1 saturated heterocycles. The minimum Gasteiger partial charge on any atom is -0.497 e. The van der Waals surface area contributed by atoms with Crippen LogP contribution in [-0.2, 0) is 17.9 Å². The van der Waals surface area contributed by atoms with E-state index in [9.17, 15) is 4.79 Å². The van der Waals surface area contributed by atoms with E-state index in [0.29, 0.717) is 13.2 Å². The van der Waals surface area contributed by atoms with E-state index in [0.717, 1.165) is 42.4 Å². The van der Waals surface area contributed by atoms with E-state index in [1.165, 1.54) is 5.56 Å². The number of ether oxygens (including phenoxy) is 2. The van der Waals surface area contributed by atoms with Gasteiger partial charge in [0.1, 0.15) is 18.1 Å². The Morgan fingerprint density at radius 2 is 1.81 bits per heavy atom. The molecule has 1 atom stereocenters. The molecule has 0 N–H and O–H groups in total. The van der Waals surface area contributed by atoms with E-state index < -0.39 is 0 Å². The summed E-state index contributed by atoms with van der Waals surface area (Å²) < 4.78 is 11.4. The molecule has 3 aromatic rings. The highest BCUT2D eigenvalue weighted by molar-refractivity contribution is 5.73. The van der Waals surface area contributed by atoms with Crippen LogP contribution >= 0.6 is 0 Å². The van der Waals surface area contributed by atoms with Crippen molar-refractivity contribution in [3.8, 4) is 11.5 Å². The molecule has 0 aliphatic carbocycles. The predicted octanol–water partition coefficient (Wildman–Crippen LogP) is 4.07. The lowest BCUT2D eigenvalue weighted by molar-refractivity contribution is -0.132. The molecule has 1 fully saturated rings. The van der Waals surface area contributed by atoms with Crippen molar-refractivity contribution in [2.75, 3.05) is 26.7 Å². The van der Waals surface area contributed by atoms with Crippen molar-refractivity contribution in [1.29, 1.82) is 0 Å². The summed E-state index contributed by atoms with van der Waals surface area (Å²) in [5.41, 5.74) is 3.19. The number of hydrogen-bond acceptors (Lipinski definition) is 5. The van der Waals surface area contributed by atoms with Gasteiger partial charge in [-0.25, -0.2) is 0 Å². The van der Waals surface area contributed by atoms with Crippen LogP contribution in [0.2, 0.25) is 0 Å². The zero-order valence-electron chi connectivity index (χ0n) is 18.6. The van der Waals surface area contributed by atoms with Gasteiger partial charge in [-0.2, -0.15) is 0 Å². The van der Waals surface area contributed by atoms with Crippen LogP contribution in [-0.4, -0.2) is 47.4 Å². The first-order chi connectivity index (χ1) is 15.6. The molecule has 6 heteroatoms. The van der Waals surface area contributed by atoms with E-state index in [2.05, 4.69) is 28.1 Å². The molecule has 2 heterocycles. The lowest BCUT2D eigenvalue weighted by Crippen LogP contribution is -2.49. The molecule has 1 aromatic heterocycles. The summed E-state index contributed by atoms with van der Waals surface area (Å²) in [6.07, 6.45) is 1.78. The largest absolute Gasteiger partial charge is 0.497 e. The highest BCUT2D eigenvalue weighted by Gasteiger charge is 2.30. The van der Waals surface area contributed by atoms with Crippen LogP contribution in [0.4, 0.5) is 0 Å². The lowest BCUT2D eigenvalue weighted by atomic mass is 10.0. The van der Waals surface area contributed by atoms with Crippen LogP contribution in [0, 0.1) is 0 Å². The fourth-order valence-electron chi connectivity index (χ4n) is 4.07. The first-order valence-corrected chi connectivity index (χ1v) is 10.9. The summed E-state index contributed by atoms with van der Waals surface area (Å²) >= 11 is 0. The van der Waals surface area contributed by atoms with Crippen molar-refractivity contribution in [3.05, 3.63) is 89.7 Å². The Labute approximate surface area is 189 Å². The highest BCUT2D eigenvalue weighted by Crippen LogP contribution is 2.31. The van der Waals surface area contributed by atoms with Crippen LogP contribution in [0.15, 0.2) is 72.9 Å². The number of aromatic nitrogens is 1. The highest BCUT2D eigenvalue weighted by atomic mass is 16.5. The number of para-hydroxylation sites is 1. The normalized spacial score (nSPS) is 16.6. The van der Waals surface area contributed by atoms with Crippen LogP contribution < -0.4 is 9.47 Å². The number of methoxy groups -OCH3 is 1. The molecule has 1 amide bonds. The van der Waals surface area contributed by atoms with Gasteiger partial charge in [0.25, 0.3) is 0 Å². The summed E-state index contributed by atoms with van der Waals surface area (Å²) in [6, 6.07) is 22.2. The number of benzene rings is 2. The molecule has 0 radical (unpaired) electrons. The maximum atomic E-state index is 12.1. The molecule has 6 nitrogen and oxygen atoms in total. The van der Waals surface area contributed by atoms with E-state index >= 15 is 0 Å². The minimum absolute atomic E-state index is 0.0994. The van der Waals surface area contributed by atoms with Gasteiger partial charge >= 0.3 is 0 Å². The standard InChI is InChI=1S/C26H29N3O3/c1-20(30)28-15-16-29(25(18-28)21-10-12-24(31-2)13-11-21)17-22-7-3-4-9-26(22)32-19-23-8-5-6-14-27-23/h3-14,25H,15-19H2,1-2H3. The van der Waals surface area contributed by atoms with Crippen molar-refractivity contribution in [1.82, 2.24) is 14.8 Å². The van der Waals surface area contributed by atoms with Gasteiger partial charge in [-0.3, -0.25) is 14.7 Å². The van der Waals surface area contributed by atoms with Crippen LogP contribution in [0.25, 0.3) is 0 Å². The molecule has 4 rings (SSSR count). The molecule has 2 aromatic carbocycles. The van der Waals surface area contributed by atoms with Gasteiger partial charge in [-0.05, 0) is 35.9 Å². The van der Waals surface area contributed by atoms with Gasteiger partial charge in [-0.15, -0.1) is 0 Å². The second kappa shape index (κ2) is 10.3. The molecular weight excluding hydrogens is 402 g/mol. The number of hydrogen-bond donors (Lipinski definition) is 0. The van der Waals surface area contributed by atoms with Crippen molar-refractivity contribution in [2.24, 2.45) is 0 Å². The van der Waals surface area contributed by atoms with Crippen LogP contribution in [0.5, 0.6) is 11.5 Å². The van der Waals surface area contributed by atoms with E-state index in [4.69, 9.17) is 9.47 Å². The first kappa shape index (κ1) is 21.8. The Balaban J connectivity index is 1.54. The monoisotopic (exact) mass is 431 g/mol. The Kier molecular flexibility index (Phi) is 7.02. The van der Waals surface area contributed by atoms with Gasteiger partial charge in [0.15, 0.2) is 0 Å². The number of amides is 1. The van der Waals surface area contributed by atoms with Crippen molar-refractivity contribution in [3.63, 3.8) is 0 Å². The van der Waals surface area contributed by atoms with Gasteiger partial charge in [0, 0.05) is 44.9 Å². The summed E-state index contributed by atoms with van der Waals surface area (Å²) in [6.45, 7) is 4.99. The molecule has 1 unspecified atom stereocenters. The molecule has 0 spiro atoms. The maximum absolute atomic E-state index is 12.1. The Morgan fingerprint density at radius 3 is 2.53 bits per heavy atom. The number of carbonyl (C=O) groups excluding carboxylic acids is 1. The number of carbonyl (C=O) groups is 1. The third-order valence-electron chi connectivity index (χ3n) is 5.88. The quantitative estimate of drug-likeness (QED) is 0.564. The van der Waals surface area contributed by atoms with Gasteiger partial charge in [0.05, 0.1) is 18.8 Å². The predicted molar refractivity (Wildman–Crippen MR) is 123 cm³/mol. The third-order valence-corrected chi connectivity index (χ3v) is 5.88. The van der Waals surface area contributed by atoms with E-state index in [-0.39, 0.29) is 11.9 Å². The zero-order valence-corrected chi connectivity index (χ0v) is 18.6. The topological polar surface area (TPSA) is 54.9 Å². The fourth-order valence-corrected chi connectivity index (χ4v) is 4.07. The van der Waals surface area contributed by atoms with E-state index in [1.54, 1.807) is 20.2 Å². The Morgan fingerprint density at radius 1 is 1.03 bits per heavy atom. The molecule has 166 valence electrons. The minimum atomic E-state index is 0.0994. The lowest BCUT2D eigenvalue weighted by Gasteiger charge is -2.41. The van der Waals surface area contributed by atoms with Crippen molar-refractivity contribution in [2.45, 2.75) is 26.1 Å². The fraction of sp³-hybridized carbons (Fsp3) is 0.308. The molecule has 0 saturated carbocycles. The second-order valence-corrected chi connectivity index (χ2v) is 7.94. The molecule has 0 bridgehead atoms. The van der Waals surface area contributed by atoms with Crippen molar-refractivity contribution >= 4 is 5.91 Å². The molecule has 1 aliphatic heterocycles. The SMILES string of the molecule is COc1ccc(C2CN(C(C)=O)CCN2Cc2ccccc2OCc2ccccn2)cc1. The van der Waals surface area contributed by atoms with Gasteiger partial charge in [-0.1, -0.05) is 36.4 Å². The summed E-state index contributed by atoms with van der Waals surface area (Å²) in [7, 11) is 1.67. The Bertz CT molecular complexity index is 1020. The summed E-state index contributed by atoms with van der Waals surface area (Å²) in [4.78, 5) is 20.8. The zero-order chi connectivity index (χ0) is 22.3. The summed E-state index contributed by atoms with van der Waals surface area (Å²) in [5, 5.41) is 0. The number of piperazine rings is 1. The van der Waals surface area contributed by atoms with Gasteiger partial charge in [0.2, 0.25) is 5.91 Å². The van der Waals surface area contributed by atoms with Crippen molar-refractivity contribution < 1.29 is 14.3 Å². The third kappa shape index (κ3) is 5.26. The maximum Gasteiger partial charge on any atom is 0.219 e. The van der Waals surface area contributed by atoms with E-state index in [1.807, 2.05) is 53.4 Å².